The zero-order valence-electron chi connectivity index (χ0n) is 13.5. The molecular weight excluding hydrogens is 328 g/mol. The van der Waals surface area contributed by atoms with E-state index in [1.54, 1.807) is 7.11 Å². The molecule has 0 saturated heterocycles. The lowest BCUT2D eigenvalue weighted by molar-refractivity contribution is 0.416. The maximum atomic E-state index is 13.7. The maximum absolute atomic E-state index is 13.7. The summed E-state index contributed by atoms with van der Waals surface area (Å²) in [6.07, 6.45) is 1.27. The molecule has 0 atom stereocenters. The third kappa shape index (κ3) is 3.79. The second kappa shape index (κ2) is 7.08. The van der Waals surface area contributed by atoms with E-state index < -0.39 is 11.6 Å². The summed E-state index contributed by atoms with van der Waals surface area (Å²) in [7, 11) is 1.55. The summed E-state index contributed by atoms with van der Waals surface area (Å²) in [6, 6.07) is 9.15. The molecule has 2 N–H and O–H groups in total. The zero-order chi connectivity index (χ0) is 17.8. The van der Waals surface area contributed by atoms with E-state index in [1.807, 2.05) is 25.1 Å². The largest absolute Gasteiger partial charge is 0.495 e. The van der Waals surface area contributed by atoms with Gasteiger partial charge in [0.1, 0.15) is 23.1 Å². The molecular formula is C17H15F2N5O. The summed E-state index contributed by atoms with van der Waals surface area (Å²) in [5.41, 5.74) is 1.36. The van der Waals surface area contributed by atoms with Crippen LogP contribution in [0.15, 0.2) is 42.6 Å². The van der Waals surface area contributed by atoms with E-state index in [1.165, 1.54) is 12.3 Å². The van der Waals surface area contributed by atoms with Crippen molar-refractivity contribution in [2.45, 2.75) is 6.92 Å². The molecule has 1 heterocycles. The fourth-order valence-corrected chi connectivity index (χ4v) is 2.20. The summed E-state index contributed by atoms with van der Waals surface area (Å²) in [5.74, 6) is -0.548. The molecule has 128 valence electrons. The number of halogens is 2. The van der Waals surface area contributed by atoms with Gasteiger partial charge < -0.3 is 15.4 Å². The third-order valence-corrected chi connectivity index (χ3v) is 3.38. The Morgan fingerprint density at radius 3 is 2.52 bits per heavy atom. The summed E-state index contributed by atoms with van der Waals surface area (Å²) in [6.45, 7) is 1.93. The first-order valence-electron chi connectivity index (χ1n) is 7.39. The van der Waals surface area contributed by atoms with Gasteiger partial charge in [0.2, 0.25) is 5.95 Å². The van der Waals surface area contributed by atoms with Gasteiger partial charge in [0, 0.05) is 0 Å². The van der Waals surface area contributed by atoms with Crippen molar-refractivity contribution in [1.29, 1.82) is 0 Å². The number of nitrogens with one attached hydrogen (secondary N) is 2. The van der Waals surface area contributed by atoms with Crippen LogP contribution >= 0.6 is 0 Å². The maximum Gasteiger partial charge on any atom is 0.249 e. The van der Waals surface area contributed by atoms with Crippen LogP contribution in [0.5, 0.6) is 5.75 Å². The van der Waals surface area contributed by atoms with E-state index in [-0.39, 0.29) is 17.5 Å². The number of hydrogen-bond donors (Lipinski definition) is 2. The van der Waals surface area contributed by atoms with Gasteiger partial charge in [0.25, 0.3) is 0 Å². The molecule has 6 nitrogen and oxygen atoms in total. The number of ether oxygens (including phenoxy) is 1. The van der Waals surface area contributed by atoms with Crippen molar-refractivity contribution in [3.05, 3.63) is 59.8 Å². The number of nitrogens with zero attached hydrogens (tertiary/aromatic N) is 3. The molecule has 8 heteroatoms. The van der Waals surface area contributed by atoms with Gasteiger partial charge in [0.15, 0.2) is 5.82 Å². The van der Waals surface area contributed by atoms with Gasteiger partial charge >= 0.3 is 0 Å². The number of hydrogen-bond acceptors (Lipinski definition) is 6. The number of benzene rings is 2. The van der Waals surface area contributed by atoms with Crippen LogP contribution in [-0.4, -0.2) is 22.3 Å². The van der Waals surface area contributed by atoms with Crippen LogP contribution in [0.25, 0.3) is 0 Å². The van der Waals surface area contributed by atoms with Gasteiger partial charge in [-0.05, 0) is 36.8 Å². The Labute approximate surface area is 142 Å². The molecule has 2 aromatic carbocycles. The highest BCUT2D eigenvalue weighted by molar-refractivity contribution is 5.65. The van der Waals surface area contributed by atoms with Crippen molar-refractivity contribution >= 4 is 23.1 Å². The van der Waals surface area contributed by atoms with Crippen molar-refractivity contribution in [2.24, 2.45) is 0 Å². The van der Waals surface area contributed by atoms with Crippen molar-refractivity contribution in [2.75, 3.05) is 17.7 Å². The number of rotatable bonds is 5. The molecule has 0 amide bonds. The minimum Gasteiger partial charge on any atom is -0.495 e. The van der Waals surface area contributed by atoms with Crippen molar-refractivity contribution < 1.29 is 13.5 Å². The Morgan fingerprint density at radius 2 is 1.80 bits per heavy atom. The van der Waals surface area contributed by atoms with Crippen LogP contribution in [0.1, 0.15) is 5.56 Å². The SMILES string of the molecule is COc1ccc(C)cc1Nc1nncc(Nc2c(F)cccc2F)n1. The highest BCUT2D eigenvalue weighted by Gasteiger charge is 2.11. The van der Waals surface area contributed by atoms with Crippen LogP contribution in [0.4, 0.5) is 31.9 Å². The fourth-order valence-electron chi connectivity index (χ4n) is 2.20. The molecule has 25 heavy (non-hydrogen) atoms. The standard InChI is InChI=1S/C17H15F2N5O/c1-10-6-7-14(25-2)13(8-10)21-17-23-15(9-20-24-17)22-16-11(18)4-3-5-12(16)19/h3-9H,1-2H3,(H2,21,22,23,24). The quantitative estimate of drug-likeness (QED) is 0.731. The molecule has 0 unspecified atom stereocenters. The summed E-state index contributed by atoms with van der Waals surface area (Å²) in [5, 5.41) is 13.2. The van der Waals surface area contributed by atoms with Crippen LogP contribution in [0.3, 0.4) is 0 Å². The van der Waals surface area contributed by atoms with E-state index in [0.29, 0.717) is 11.4 Å². The molecule has 0 aliphatic carbocycles. The Hall–Kier alpha value is -3.29. The van der Waals surface area contributed by atoms with E-state index in [2.05, 4.69) is 25.8 Å². The molecule has 0 aliphatic heterocycles. The first-order chi connectivity index (χ1) is 12.1. The topological polar surface area (TPSA) is 72.0 Å². The Kier molecular flexibility index (Phi) is 4.69. The Morgan fingerprint density at radius 1 is 1.04 bits per heavy atom. The number of aromatic nitrogens is 3. The molecule has 0 spiro atoms. The summed E-state index contributed by atoms with van der Waals surface area (Å²) in [4.78, 5) is 4.17. The third-order valence-electron chi connectivity index (χ3n) is 3.38. The molecule has 1 aromatic heterocycles. The van der Waals surface area contributed by atoms with E-state index in [4.69, 9.17) is 4.74 Å². The molecule has 0 saturated carbocycles. The predicted octanol–water partition coefficient (Wildman–Crippen LogP) is 3.95. The lowest BCUT2D eigenvalue weighted by Crippen LogP contribution is -2.05. The monoisotopic (exact) mass is 343 g/mol. The zero-order valence-corrected chi connectivity index (χ0v) is 13.5. The van der Waals surface area contributed by atoms with Gasteiger partial charge in [0.05, 0.1) is 19.0 Å². The minimum absolute atomic E-state index is 0.146. The van der Waals surface area contributed by atoms with Crippen molar-refractivity contribution in [3.63, 3.8) is 0 Å². The Balaban J connectivity index is 1.86. The van der Waals surface area contributed by atoms with Crippen LogP contribution in [-0.2, 0) is 0 Å². The van der Waals surface area contributed by atoms with Gasteiger partial charge in [-0.25, -0.2) is 8.78 Å². The minimum atomic E-state index is -0.728. The second-order valence-electron chi connectivity index (χ2n) is 5.22. The molecule has 0 aliphatic rings. The molecule has 3 rings (SSSR count). The van der Waals surface area contributed by atoms with Gasteiger partial charge in [-0.3, -0.25) is 0 Å². The molecule has 0 radical (unpaired) electrons. The van der Waals surface area contributed by atoms with Crippen molar-refractivity contribution in [3.8, 4) is 5.75 Å². The van der Waals surface area contributed by atoms with Gasteiger partial charge in [-0.2, -0.15) is 10.1 Å². The number of aryl methyl sites for hydroxylation is 1. The van der Waals surface area contributed by atoms with E-state index in [0.717, 1.165) is 17.7 Å². The number of para-hydroxylation sites is 1. The molecule has 3 aromatic rings. The summed E-state index contributed by atoms with van der Waals surface area (Å²) >= 11 is 0. The highest BCUT2D eigenvalue weighted by Crippen LogP contribution is 2.28. The number of methoxy groups -OCH3 is 1. The van der Waals surface area contributed by atoms with Crippen molar-refractivity contribution in [1.82, 2.24) is 15.2 Å². The lowest BCUT2D eigenvalue weighted by Gasteiger charge is -2.12. The smallest absolute Gasteiger partial charge is 0.249 e. The Bertz CT molecular complexity index is 884. The second-order valence-corrected chi connectivity index (χ2v) is 5.22. The lowest BCUT2D eigenvalue weighted by atomic mass is 10.2. The number of anilines is 4. The van der Waals surface area contributed by atoms with Crippen LogP contribution in [0, 0.1) is 18.6 Å². The normalized spacial score (nSPS) is 10.4. The fraction of sp³-hybridized carbons (Fsp3) is 0.118. The average Bonchev–Trinajstić information content (AvgIpc) is 2.59. The molecule has 0 bridgehead atoms. The highest BCUT2D eigenvalue weighted by atomic mass is 19.1. The average molecular weight is 343 g/mol. The van der Waals surface area contributed by atoms with Crippen LogP contribution in [0.2, 0.25) is 0 Å². The predicted molar refractivity (Wildman–Crippen MR) is 90.5 cm³/mol. The van der Waals surface area contributed by atoms with Gasteiger partial charge in [-0.1, -0.05) is 12.1 Å². The van der Waals surface area contributed by atoms with Crippen LogP contribution < -0.4 is 15.4 Å². The first kappa shape index (κ1) is 16.6. The molecule has 0 fully saturated rings. The van der Waals surface area contributed by atoms with Gasteiger partial charge in [-0.15, -0.1) is 5.10 Å². The summed E-state index contributed by atoms with van der Waals surface area (Å²) < 4.78 is 32.7. The van der Waals surface area contributed by atoms with E-state index in [9.17, 15) is 8.78 Å². The van der Waals surface area contributed by atoms with E-state index >= 15 is 0 Å². The first-order valence-corrected chi connectivity index (χ1v) is 7.39.